The van der Waals surface area contributed by atoms with Gasteiger partial charge in [0.1, 0.15) is 6.61 Å². The van der Waals surface area contributed by atoms with Gasteiger partial charge in [-0.2, -0.15) is 0 Å². The Bertz CT molecular complexity index is 1030. The van der Waals surface area contributed by atoms with Crippen molar-refractivity contribution in [2.45, 2.75) is 13.8 Å². The highest BCUT2D eigenvalue weighted by molar-refractivity contribution is 9.10. The zero-order valence-electron chi connectivity index (χ0n) is 16.0. The van der Waals surface area contributed by atoms with Crippen LogP contribution in [0.5, 0.6) is 11.5 Å². The number of hydrogen-bond acceptors (Lipinski definition) is 5. The summed E-state index contributed by atoms with van der Waals surface area (Å²) in [5.41, 5.74) is 2.37. The van der Waals surface area contributed by atoms with Gasteiger partial charge in [0.25, 0.3) is 0 Å². The van der Waals surface area contributed by atoms with Crippen molar-refractivity contribution in [3.05, 3.63) is 74.9 Å². The Hall–Kier alpha value is -2.57. The maximum Gasteiger partial charge on any atom is 0.363 e. The molecule has 5 nitrogen and oxygen atoms in total. The summed E-state index contributed by atoms with van der Waals surface area (Å²) in [6.45, 7) is 8.31. The van der Waals surface area contributed by atoms with E-state index in [1.807, 2.05) is 38.1 Å². The van der Waals surface area contributed by atoms with E-state index in [0.29, 0.717) is 40.9 Å². The monoisotopic (exact) mass is 475 g/mol. The average Bonchev–Trinajstić information content (AvgIpc) is 3.01. The molecule has 0 N–H and O–H groups in total. The number of carbonyl (C=O) groups is 1. The van der Waals surface area contributed by atoms with Crippen LogP contribution in [0.3, 0.4) is 0 Å². The minimum Gasteiger partial charge on any atom is -0.490 e. The van der Waals surface area contributed by atoms with Crippen molar-refractivity contribution in [3.63, 3.8) is 0 Å². The lowest BCUT2D eigenvalue weighted by Gasteiger charge is -2.14. The van der Waals surface area contributed by atoms with Gasteiger partial charge in [0, 0.05) is 4.47 Å². The fourth-order valence-corrected chi connectivity index (χ4v) is 3.31. The molecule has 0 bridgehead atoms. The molecule has 0 aliphatic carbocycles. The molecular formula is C22H19BrClNO4. The standard InChI is InChI=1S/C22H19BrClNO4/c1-4-27-19-11-14(9-17(24)20(19)28-12-13(2)3)10-18-22(26)29-21(25-18)15-7-5-6-8-16(15)23/h5-11H,2,4,12H2,1,3H3/b18-10-. The number of cyclic esters (lactones) is 1. The maximum atomic E-state index is 12.3. The molecule has 0 amide bonds. The van der Waals surface area contributed by atoms with Crippen molar-refractivity contribution in [2.24, 2.45) is 4.99 Å². The molecule has 0 atom stereocenters. The first kappa shape index (κ1) is 21.1. The Kier molecular flexibility index (Phi) is 6.77. The van der Waals surface area contributed by atoms with Gasteiger partial charge >= 0.3 is 5.97 Å². The van der Waals surface area contributed by atoms with Crippen LogP contribution in [0, 0.1) is 0 Å². The number of esters is 1. The molecule has 1 aliphatic heterocycles. The summed E-state index contributed by atoms with van der Waals surface area (Å²) in [5.74, 6) is 0.623. The number of nitrogens with zero attached hydrogens (tertiary/aromatic N) is 1. The fraction of sp³-hybridized carbons (Fsp3) is 0.182. The molecule has 0 aromatic heterocycles. The van der Waals surface area contributed by atoms with E-state index < -0.39 is 5.97 Å². The van der Waals surface area contributed by atoms with Crippen LogP contribution in [0.4, 0.5) is 0 Å². The molecule has 0 saturated carbocycles. The first-order chi connectivity index (χ1) is 13.9. The Morgan fingerprint density at radius 1 is 1.31 bits per heavy atom. The zero-order chi connectivity index (χ0) is 21.0. The fourth-order valence-electron chi connectivity index (χ4n) is 2.59. The summed E-state index contributed by atoms with van der Waals surface area (Å²) in [4.78, 5) is 16.6. The highest BCUT2D eigenvalue weighted by Crippen LogP contribution is 2.38. The first-order valence-corrected chi connectivity index (χ1v) is 10.1. The Morgan fingerprint density at radius 2 is 2.07 bits per heavy atom. The van der Waals surface area contributed by atoms with E-state index in [1.54, 1.807) is 18.2 Å². The van der Waals surface area contributed by atoms with Crippen molar-refractivity contribution in [1.82, 2.24) is 0 Å². The smallest absolute Gasteiger partial charge is 0.363 e. The Labute approximate surface area is 182 Å². The number of rotatable bonds is 7. The normalized spacial score (nSPS) is 14.6. The van der Waals surface area contributed by atoms with Crippen molar-refractivity contribution < 1.29 is 19.0 Å². The predicted molar refractivity (Wildman–Crippen MR) is 118 cm³/mol. The van der Waals surface area contributed by atoms with Crippen LogP contribution >= 0.6 is 27.5 Å². The van der Waals surface area contributed by atoms with E-state index in [-0.39, 0.29) is 11.6 Å². The van der Waals surface area contributed by atoms with E-state index >= 15 is 0 Å². The van der Waals surface area contributed by atoms with Gasteiger partial charge in [0.05, 0.1) is 17.2 Å². The number of aliphatic imine (C=N–C) groups is 1. The van der Waals surface area contributed by atoms with Gasteiger partial charge in [-0.3, -0.25) is 0 Å². The van der Waals surface area contributed by atoms with Crippen molar-refractivity contribution in [3.8, 4) is 11.5 Å². The molecule has 0 spiro atoms. The van der Waals surface area contributed by atoms with Gasteiger partial charge in [-0.15, -0.1) is 0 Å². The van der Waals surface area contributed by atoms with Crippen molar-refractivity contribution >= 4 is 45.5 Å². The van der Waals surface area contributed by atoms with E-state index in [4.69, 9.17) is 25.8 Å². The first-order valence-electron chi connectivity index (χ1n) is 8.90. The van der Waals surface area contributed by atoms with Crippen molar-refractivity contribution in [2.75, 3.05) is 13.2 Å². The lowest BCUT2D eigenvalue weighted by Crippen LogP contribution is -2.06. The van der Waals surface area contributed by atoms with E-state index in [1.165, 1.54) is 0 Å². The summed E-state index contributed by atoms with van der Waals surface area (Å²) in [5, 5.41) is 0.366. The topological polar surface area (TPSA) is 57.1 Å². The van der Waals surface area contributed by atoms with Crippen LogP contribution < -0.4 is 9.47 Å². The summed E-state index contributed by atoms with van der Waals surface area (Å²) in [6.07, 6.45) is 1.60. The minimum atomic E-state index is -0.535. The average molecular weight is 477 g/mol. The molecule has 2 aromatic carbocycles. The van der Waals surface area contributed by atoms with Crippen molar-refractivity contribution in [1.29, 1.82) is 0 Å². The van der Waals surface area contributed by atoms with Gasteiger partial charge in [-0.1, -0.05) is 30.3 Å². The van der Waals surface area contributed by atoms with Gasteiger partial charge < -0.3 is 14.2 Å². The van der Waals surface area contributed by atoms with Gasteiger partial charge in [0.15, 0.2) is 17.2 Å². The van der Waals surface area contributed by atoms with Gasteiger partial charge in [0.2, 0.25) is 5.90 Å². The molecule has 0 fully saturated rings. The number of carbonyl (C=O) groups excluding carboxylic acids is 1. The van der Waals surface area contributed by atoms with Crippen LogP contribution in [0.15, 0.2) is 63.7 Å². The van der Waals surface area contributed by atoms with E-state index in [2.05, 4.69) is 27.5 Å². The van der Waals surface area contributed by atoms with Gasteiger partial charge in [-0.05, 0) is 71.3 Å². The SMILES string of the molecule is C=C(C)COc1c(Cl)cc(/C=C2\N=C(c3ccccc3Br)OC2=O)cc1OCC. The molecule has 1 heterocycles. The molecule has 7 heteroatoms. The number of halogens is 2. The van der Waals surface area contributed by atoms with E-state index in [0.717, 1.165) is 10.0 Å². The molecule has 29 heavy (non-hydrogen) atoms. The largest absolute Gasteiger partial charge is 0.490 e. The molecule has 1 aliphatic rings. The zero-order valence-corrected chi connectivity index (χ0v) is 18.3. The van der Waals surface area contributed by atoms with Crippen LogP contribution in [0.2, 0.25) is 5.02 Å². The third-order valence-corrected chi connectivity index (χ3v) is 4.80. The second kappa shape index (κ2) is 9.29. The second-order valence-electron chi connectivity index (χ2n) is 6.32. The number of ether oxygens (including phenoxy) is 3. The summed E-state index contributed by atoms with van der Waals surface area (Å²) < 4.78 is 17.5. The molecule has 150 valence electrons. The minimum absolute atomic E-state index is 0.171. The number of benzene rings is 2. The lowest BCUT2D eigenvalue weighted by molar-refractivity contribution is -0.129. The molecule has 0 unspecified atom stereocenters. The Morgan fingerprint density at radius 3 is 2.76 bits per heavy atom. The molecule has 3 rings (SSSR count). The second-order valence-corrected chi connectivity index (χ2v) is 7.59. The molecule has 0 radical (unpaired) electrons. The van der Waals surface area contributed by atoms with E-state index in [9.17, 15) is 4.79 Å². The highest BCUT2D eigenvalue weighted by atomic mass is 79.9. The summed E-state index contributed by atoms with van der Waals surface area (Å²) >= 11 is 9.84. The quantitative estimate of drug-likeness (QED) is 0.288. The summed E-state index contributed by atoms with van der Waals surface area (Å²) in [6, 6.07) is 10.8. The number of hydrogen-bond donors (Lipinski definition) is 0. The van der Waals surface area contributed by atoms with Crippen LogP contribution in [0.25, 0.3) is 6.08 Å². The highest BCUT2D eigenvalue weighted by Gasteiger charge is 2.25. The third-order valence-electron chi connectivity index (χ3n) is 3.82. The van der Waals surface area contributed by atoms with Crippen LogP contribution in [-0.4, -0.2) is 25.1 Å². The maximum absolute atomic E-state index is 12.3. The third kappa shape index (κ3) is 5.08. The van der Waals surface area contributed by atoms with Crippen LogP contribution in [0.1, 0.15) is 25.0 Å². The molecule has 2 aromatic rings. The molecular weight excluding hydrogens is 458 g/mol. The molecule has 0 saturated heterocycles. The van der Waals surface area contributed by atoms with Gasteiger partial charge in [-0.25, -0.2) is 9.79 Å². The Balaban J connectivity index is 1.96. The summed E-state index contributed by atoms with van der Waals surface area (Å²) in [7, 11) is 0. The lowest BCUT2D eigenvalue weighted by atomic mass is 10.1. The van der Waals surface area contributed by atoms with Crippen LogP contribution in [-0.2, 0) is 9.53 Å². The predicted octanol–water partition coefficient (Wildman–Crippen LogP) is 5.80.